The molecule has 226 valence electrons. The Morgan fingerprint density at radius 3 is 2.40 bits per heavy atom. The molecule has 1 aromatic heterocycles. The number of allylic oxidation sites excluding steroid dienone is 4. The van der Waals surface area contributed by atoms with Crippen LogP contribution < -0.4 is 9.04 Å². The van der Waals surface area contributed by atoms with Crippen molar-refractivity contribution in [2.24, 2.45) is 5.41 Å². The van der Waals surface area contributed by atoms with Crippen LogP contribution in [0.5, 0.6) is 5.75 Å². The average Bonchev–Trinajstić information content (AvgIpc) is 2.89. The normalized spacial score (nSPS) is 19.4. The molecule has 4 rings (SSSR count). The number of hydrogen-bond acceptors (Lipinski definition) is 6. The molecule has 8 nitrogen and oxygen atoms in total. The van der Waals surface area contributed by atoms with Gasteiger partial charge in [0.25, 0.3) is 10.0 Å². The molecule has 0 amide bonds. The van der Waals surface area contributed by atoms with Crippen molar-refractivity contribution >= 4 is 21.7 Å². The Balaban J connectivity index is 1.84. The van der Waals surface area contributed by atoms with Gasteiger partial charge in [-0.15, -0.1) is 0 Å². The van der Waals surface area contributed by atoms with Gasteiger partial charge in [-0.2, -0.15) is 26.3 Å². The molecule has 3 heterocycles. The maximum atomic E-state index is 13.9. The lowest BCUT2D eigenvalue weighted by Crippen LogP contribution is -2.54. The van der Waals surface area contributed by atoms with Crippen LogP contribution in [-0.2, 0) is 25.7 Å². The number of nitrogens with zero attached hydrogens (tertiary/aromatic N) is 2. The fraction of sp³-hybridized carbons (Fsp3) is 0.333. The molecule has 1 fully saturated rings. The van der Waals surface area contributed by atoms with Crippen LogP contribution in [0.4, 0.5) is 32.0 Å². The second kappa shape index (κ2) is 11.1. The highest BCUT2D eigenvalue weighted by atomic mass is 32.2. The standard InChI is InChI=1S/C27H24F6N2O6S/c1-3-17(26(28,29)30)11-19(4-2)42(38,39)35-13-18(12-25(24(36)37)14-40-15-25)41-22-9-8-16(10-21(22)35)20-6-5-7-23(34-20)27(31,32)33/h3-11,18H,1,12-15H2,2H3,(H,36,37)/b17-11+,19-4+/t18-/m0/s1. The van der Waals surface area contributed by atoms with E-state index in [-0.39, 0.29) is 42.3 Å². The topological polar surface area (TPSA) is 106 Å². The molecule has 1 N–H and O–H groups in total. The van der Waals surface area contributed by atoms with Crippen LogP contribution in [0.1, 0.15) is 19.0 Å². The predicted octanol–water partition coefficient (Wildman–Crippen LogP) is 5.73. The fourth-order valence-corrected chi connectivity index (χ4v) is 6.11. The molecule has 0 aliphatic carbocycles. The van der Waals surface area contributed by atoms with Gasteiger partial charge < -0.3 is 14.6 Å². The van der Waals surface area contributed by atoms with Gasteiger partial charge in [0.05, 0.1) is 41.6 Å². The van der Waals surface area contributed by atoms with Crippen LogP contribution in [0.25, 0.3) is 11.3 Å². The van der Waals surface area contributed by atoms with E-state index in [4.69, 9.17) is 9.47 Å². The van der Waals surface area contributed by atoms with E-state index in [1.165, 1.54) is 31.2 Å². The van der Waals surface area contributed by atoms with E-state index in [0.717, 1.165) is 22.5 Å². The van der Waals surface area contributed by atoms with Gasteiger partial charge in [0, 0.05) is 12.0 Å². The van der Waals surface area contributed by atoms with Crippen molar-refractivity contribution in [2.45, 2.75) is 31.8 Å². The number of aliphatic carboxylic acids is 1. The Kier molecular flexibility index (Phi) is 8.21. The summed E-state index contributed by atoms with van der Waals surface area (Å²) >= 11 is 0. The van der Waals surface area contributed by atoms with Crippen molar-refractivity contribution in [3.8, 4) is 17.0 Å². The summed E-state index contributed by atoms with van der Waals surface area (Å²) in [5.41, 5.74) is -4.16. The number of sulfonamides is 1. The molecule has 1 saturated heterocycles. The van der Waals surface area contributed by atoms with Gasteiger partial charge in [-0.1, -0.05) is 24.8 Å². The number of benzene rings is 1. The number of pyridine rings is 1. The number of carbonyl (C=O) groups is 1. The zero-order chi connectivity index (χ0) is 31.1. The molecule has 0 saturated carbocycles. The number of halogens is 6. The highest BCUT2D eigenvalue weighted by Crippen LogP contribution is 2.43. The first-order valence-corrected chi connectivity index (χ1v) is 13.7. The SMILES string of the molecule is C=C/C(=C\C(=C/C)S(=O)(=O)N1C[C@H](CC2(C(=O)O)COC2)Oc2ccc(-c3cccc(C(F)(F)F)n3)cc21)C(F)(F)F. The van der Waals surface area contributed by atoms with E-state index >= 15 is 0 Å². The molecule has 0 spiro atoms. The Morgan fingerprint density at radius 2 is 1.88 bits per heavy atom. The minimum atomic E-state index is -4.92. The summed E-state index contributed by atoms with van der Waals surface area (Å²) in [6.45, 7) is 3.50. The number of anilines is 1. The van der Waals surface area contributed by atoms with Crippen molar-refractivity contribution in [2.75, 3.05) is 24.1 Å². The smallest absolute Gasteiger partial charge is 0.433 e. The molecular weight excluding hydrogens is 594 g/mol. The number of alkyl halides is 6. The Hall–Kier alpha value is -3.85. The zero-order valence-corrected chi connectivity index (χ0v) is 22.7. The third-order valence-electron chi connectivity index (χ3n) is 6.77. The minimum absolute atomic E-state index is 0.0659. The van der Waals surface area contributed by atoms with E-state index in [2.05, 4.69) is 11.6 Å². The molecule has 2 aliphatic rings. The lowest BCUT2D eigenvalue weighted by atomic mass is 9.80. The summed E-state index contributed by atoms with van der Waals surface area (Å²) < 4.78 is 120. The number of hydrogen-bond donors (Lipinski definition) is 1. The number of carboxylic acid groups (broad SMARTS) is 1. The predicted molar refractivity (Wildman–Crippen MR) is 139 cm³/mol. The van der Waals surface area contributed by atoms with Gasteiger partial charge in [-0.3, -0.25) is 9.10 Å². The largest absolute Gasteiger partial charge is 0.486 e. The van der Waals surface area contributed by atoms with Gasteiger partial charge in [-0.25, -0.2) is 13.4 Å². The van der Waals surface area contributed by atoms with E-state index in [1.807, 2.05) is 0 Å². The van der Waals surface area contributed by atoms with Gasteiger partial charge in [-0.05, 0) is 43.3 Å². The Morgan fingerprint density at radius 1 is 1.19 bits per heavy atom. The van der Waals surface area contributed by atoms with E-state index in [9.17, 15) is 44.7 Å². The maximum Gasteiger partial charge on any atom is 0.433 e. The summed E-state index contributed by atoms with van der Waals surface area (Å²) in [5.74, 6) is -1.27. The molecule has 1 aromatic carbocycles. The first kappa shape index (κ1) is 31.1. The van der Waals surface area contributed by atoms with Crippen LogP contribution in [0.15, 0.2) is 71.7 Å². The highest BCUT2D eigenvalue weighted by Gasteiger charge is 2.50. The first-order valence-electron chi connectivity index (χ1n) is 12.3. The minimum Gasteiger partial charge on any atom is -0.486 e. The van der Waals surface area contributed by atoms with Crippen molar-refractivity contribution in [3.63, 3.8) is 0 Å². The maximum absolute atomic E-state index is 13.9. The number of fused-ring (bicyclic) bond motifs is 1. The number of carboxylic acids is 1. The second-order valence-corrected chi connectivity index (χ2v) is 11.5. The average molecular weight is 619 g/mol. The summed E-state index contributed by atoms with van der Waals surface area (Å²) in [6.07, 6.45) is -9.11. The third-order valence-corrected chi connectivity index (χ3v) is 8.65. The fourth-order valence-electron chi connectivity index (χ4n) is 4.52. The van der Waals surface area contributed by atoms with Crippen molar-refractivity contribution in [1.29, 1.82) is 0 Å². The number of ether oxygens (including phenoxy) is 2. The van der Waals surface area contributed by atoms with Crippen LogP contribution >= 0.6 is 0 Å². The molecule has 0 radical (unpaired) electrons. The lowest BCUT2D eigenvalue weighted by Gasteiger charge is -2.42. The molecule has 0 unspecified atom stereocenters. The molecule has 1 atom stereocenters. The Labute approximate surface area is 236 Å². The summed E-state index contributed by atoms with van der Waals surface area (Å²) in [5, 5.41) is 9.72. The second-order valence-electron chi connectivity index (χ2n) is 9.64. The van der Waals surface area contributed by atoms with Gasteiger partial charge in [0.1, 0.15) is 23.0 Å². The van der Waals surface area contributed by atoms with Crippen LogP contribution in [0, 0.1) is 5.41 Å². The van der Waals surface area contributed by atoms with Crippen molar-refractivity contribution < 1.29 is 54.1 Å². The van der Waals surface area contributed by atoms with E-state index < -0.39 is 62.6 Å². The van der Waals surface area contributed by atoms with Gasteiger partial charge in [0.15, 0.2) is 0 Å². The molecule has 15 heteroatoms. The lowest BCUT2D eigenvalue weighted by molar-refractivity contribution is -0.184. The van der Waals surface area contributed by atoms with Crippen LogP contribution in [0.3, 0.4) is 0 Å². The molecule has 42 heavy (non-hydrogen) atoms. The van der Waals surface area contributed by atoms with Gasteiger partial charge >= 0.3 is 18.3 Å². The third kappa shape index (κ3) is 6.02. The Bertz CT molecular complexity index is 1560. The molecule has 2 aromatic rings. The summed E-state index contributed by atoms with van der Waals surface area (Å²) in [7, 11) is -4.77. The summed E-state index contributed by atoms with van der Waals surface area (Å²) in [4.78, 5) is 14.8. The highest BCUT2D eigenvalue weighted by molar-refractivity contribution is 7.96. The van der Waals surface area contributed by atoms with Crippen LogP contribution in [-0.4, -0.2) is 56.5 Å². The monoisotopic (exact) mass is 618 g/mol. The van der Waals surface area contributed by atoms with Crippen molar-refractivity contribution in [1.82, 2.24) is 4.98 Å². The quantitative estimate of drug-likeness (QED) is 0.297. The summed E-state index contributed by atoms with van der Waals surface area (Å²) in [6, 6.07) is 6.97. The molecule has 2 aliphatic heterocycles. The van der Waals surface area contributed by atoms with Crippen LogP contribution in [0.2, 0.25) is 0 Å². The molecule has 0 bridgehead atoms. The van der Waals surface area contributed by atoms with Crippen molar-refractivity contribution in [3.05, 3.63) is 77.4 Å². The number of aromatic nitrogens is 1. The number of rotatable bonds is 8. The molecular formula is C27H24F6N2O6S. The van der Waals surface area contributed by atoms with Gasteiger partial charge in [0.2, 0.25) is 0 Å². The van der Waals surface area contributed by atoms with E-state index in [1.54, 1.807) is 0 Å². The van der Waals surface area contributed by atoms with E-state index in [0.29, 0.717) is 12.2 Å². The zero-order valence-electron chi connectivity index (χ0n) is 21.9. The first-order chi connectivity index (χ1) is 19.5.